The van der Waals surface area contributed by atoms with Gasteiger partial charge in [0, 0.05) is 18.3 Å². The maximum absolute atomic E-state index is 6.19. The Labute approximate surface area is 120 Å². The lowest BCUT2D eigenvalue weighted by atomic mass is 10.2. The molecule has 1 aromatic carbocycles. The van der Waals surface area contributed by atoms with Crippen LogP contribution in [-0.2, 0) is 0 Å². The number of nitrogens with zero attached hydrogens (tertiary/aromatic N) is 3. The summed E-state index contributed by atoms with van der Waals surface area (Å²) >= 11 is 6.19. The van der Waals surface area contributed by atoms with Crippen LogP contribution in [0.4, 0.5) is 0 Å². The lowest BCUT2D eigenvalue weighted by Crippen LogP contribution is -1.92. The van der Waals surface area contributed by atoms with Crippen molar-refractivity contribution in [2.75, 3.05) is 7.11 Å². The van der Waals surface area contributed by atoms with Crippen molar-refractivity contribution >= 4 is 17.2 Å². The zero-order valence-corrected chi connectivity index (χ0v) is 11.8. The van der Waals surface area contributed by atoms with E-state index in [4.69, 9.17) is 21.1 Å². The van der Waals surface area contributed by atoms with E-state index in [-0.39, 0.29) is 0 Å². The van der Waals surface area contributed by atoms with Crippen LogP contribution in [-0.4, -0.2) is 21.7 Å². The van der Waals surface area contributed by atoms with Crippen LogP contribution in [0.3, 0.4) is 0 Å². The molecule has 0 radical (unpaired) electrons. The first kappa shape index (κ1) is 12.7. The molecule has 0 atom stereocenters. The van der Waals surface area contributed by atoms with Gasteiger partial charge in [-0.2, -0.15) is 5.10 Å². The first-order valence-corrected chi connectivity index (χ1v) is 6.36. The molecule has 0 aliphatic rings. The number of hydrogen-bond donors (Lipinski definition) is 0. The van der Waals surface area contributed by atoms with Crippen molar-refractivity contribution < 1.29 is 9.47 Å². The predicted molar refractivity (Wildman–Crippen MR) is 75.8 cm³/mol. The highest BCUT2D eigenvalue weighted by atomic mass is 35.5. The monoisotopic (exact) mass is 289 g/mol. The van der Waals surface area contributed by atoms with Gasteiger partial charge in [-0.1, -0.05) is 11.6 Å². The molecule has 0 bridgehead atoms. The topological polar surface area (TPSA) is 48.7 Å². The molecule has 2 heterocycles. The average molecular weight is 290 g/mol. The van der Waals surface area contributed by atoms with E-state index in [1.807, 2.05) is 13.0 Å². The molecular formula is C14H12ClN3O2. The van der Waals surface area contributed by atoms with Crippen LogP contribution >= 0.6 is 11.6 Å². The fourth-order valence-corrected chi connectivity index (χ4v) is 2.18. The summed E-state index contributed by atoms with van der Waals surface area (Å²) < 4.78 is 12.7. The van der Waals surface area contributed by atoms with Gasteiger partial charge in [0.1, 0.15) is 23.6 Å². The van der Waals surface area contributed by atoms with E-state index >= 15 is 0 Å². The number of pyridine rings is 1. The molecule has 0 aliphatic carbocycles. The van der Waals surface area contributed by atoms with Crippen LogP contribution in [0.2, 0.25) is 5.02 Å². The quantitative estimate of drug-likeness (QED) is 0.740. The van der Waals surface area contributed by atoms with Crippen LogP contribution in [0.25, 0.3) is 5.65 Å². The molecule has 5 nitrogen and oxygen atoms in total. The smallest absolute Gasteiger partial charge is 0.158 e. The summed E-state index contributed by atoms with van der Waals surface area (Å²) in [6.45, 7) is 1.93. The number of ether oxygens (including phenoxy) is 2. The number of hydrogen-bond acceptors (Lipinski definition) is 4. The molecule has 0 unspecified atom stereocenters. The highest BCUT2D eigenvalue weighted by molar-refractivity contribution is 6.32. The van der Waals surface area contributed by atoms with Crippen molar-refractivity contribution in [2.24, 2.45) is 0 Å². The van der Waals surface area contributed by atoms with Gasteiger partial charge in [0.15, 0.2) is 5.65 Å². The van der Waals surface area contributed by atoms with Crippen LogP contribution in [0, 0.1) is 6.92 Å². The summed E-state index contributed by atoms with van der Waals surface area (Å²) in [5.41, 5.74) is 1.66. The largest absolute Gasteiger partial charge is 0.496 e. The Kier molecular flexibility index (Phi) is 3.20. The summed E-state index contributed by atoms with van der Waals surface area (Å²) in [4.78, 5) is 4.11. The number of aryl methyl sites for hydroxylation is 1. The van der Waals surface area contributed by atoms with Gasteiger partial charge in [0.2, 0.25) is 0 Å². The molecule has 0 fully saturated rings. The first-order chi connectivity index (χ1) is 9.67. The van der Waals surface area contributed by atoms with Gasteiger partial charge in [-0.15, -0.1) is 0 Å². The zero-order valence-electron chi connectivity index (χ0n) is 11.0. The molecule has 0 saturated carbocycles. The Hall–Kier alpha value is -2.27. The Bertz CT molecular complexity index is 770. The molecule has 0 saturated heterocycles. The van der Waals surface area contributed by atoms with Gasteiger partial charge in [-0.25, -0.2) is 9.50 Å². The maximum atomic E-state index is 6.19. The van der Waals surface area contributed by atoms with Gasteiger partial charge in [-0.05, 0) is 24.6 Å². The number of benzene rings is 1. The molecule has 102 valence electrons. The van der Waals surface area contributed by atoms with Gasteiger partial charge >= 0.3 is 0 Å². The highest BCUT2D eigenvalue weighted by Crippen LogP contribution is 2.35. The van der Waals surface area contributed by atoms with Gasteiger partial charge in [0.25, 0.3) is 0 Å². The molecule has 0 spiro atoms. The molecular weight excluding hydrogens is 278 g/mol. The van der Waals surface area contributed by atoms with E-state index in [0.717, 1.165) is 11.3 Å². The van der Waals surface area contributed by atoms with Crippen LogP contribution in [0.5, 0.6) is 17.2 Å². The summed E-state index contributed by atoms with van der Waals surface area (Å²) in [5, 5.41) is 4.56. The molecule has 3 rings (SSSR count). The van der Waals surface area contributed by atoms with Gasteiger partial charge < -0.3 is 9.47 Å². The van der Waals surface area contributed by atoms with Crippen LogP contribution in [0.15, 0.2) is 36.8 Å². The Morgan fingerprint density at radius 3 is 2.85 bits per heavy atom. The number of rotatable bonds is 3. The molecule has 3 aromatic rings. The second-order valence-electron chi connectivity index (χ2n) is 4.28. The summed E-state index contributed by atoms with van der Waals surface area (Å²) in [6.07, 6.45) is 3.26. The minimum atomic E-state index is 0.532. The fourth-order valence-electron chi connectivity index (χ4n) is 1.92. The molecule has 6 heteroatoms. The lowest BCUT2D eigenvalue weighted by Gasteiger charge is -2.11. The SMILES string of the molecule is COc1cc(Oc2ccn3ncnc3c2)c(Cl)cc1C. The van der Waals surface area contributed by atoms with Crippen molar-refractivity contribution in [3.8, 4) is 17.2 Å². The van der Waals surface area contributed by atoms with Crippen molar-refractivity contribution in [3.63, 3.8) is 0 Å². The van der Waals surface area contributed by atoms with Crippen molar-refractivity contribution in [3.05, 3.63) is 47.4 Å². The Morgan fingerprint density at radius 1 is 1.20 bits per heavy atom. The van der Waals surface area contributed by atoms with Gasteiger partial charge in [-0.3, -0.25) is 0 Å². The Balaban J connectivity index is 1.97. The van der Waals surface area contributed by atoms with E-state index in [0.29, 0.717) is 22.2 Å². The summed E-state index contributed by atoms with van der Waals surface area (Å²) in [5.74, 6) is 1.91. The molecule has 20 heavy (non-hydrogen) atoms. The number of halogens is 1. The van der Waals surface area contributed by atoms with E-state index in [1.165, 1.54) is 6.33 Å². The van der Waals surface area contributed by atoms with Crippen LogP contribution in [0.1, 0.15) is 5.56 Å². The van der Waals surface area contributed by atoms with E-state index in [1.54, 1.807) is 36.0 Å². The third-order valence-corrected chi connectivity index (χ3v) is 3.22. The number of aromatic nitrogens is 3. The molecule has 0 amide bonds. The Morgan fingerprint density at radius 2 is 2.05 bits per heavy atom. The van der Waals surface area contributed by atoms with Gasteiger partial charge in [0.05, 0.1) is 12.1 Å². The summed E-state index contributed by atoms with van der Waals surface area (Å²) in [6, 6.07) is 7.16. The molecule has 2 aromatic heterocycles. The second-order valence-corrected chi connectivity index (χ2v) is 4.69. The van der Waals surface area contributed by atoms with E-state index < -0.39 is 0 Å². The third kappa shape index (κ3) is 2.28. The van der Waals surface area contributed by atoms with E-state index in [9.17, 15) is 0 Å². The van der Waals surface area contributed by atoms with E-state index in [2.05, 4.69) is 10.1 Å². The lowest BCUT2D eigenvalue weighted by molar-refractivity contribution is 0.406. The fraction of sp³-hybridized carbons (Fsp3) is 0.143. The van der Waals surface area contributed by atoms with Crippen molar-refractivity contribution in [1.82, 2.24) is 14.6 Å². The zero-order chi connectivity index (χ0) is 14.1. The summed E-state index contributed by atoms with van der Waals surface area (Å²) in [7, 11) is 1.61. The average Bonchev–Trinajstić information content (AvgIpc) is 2.89. The minimum absolute atomic E-state index is 0.532. The van der Waals surface area contributed by atoms with Crippen LogP contribution < -0.4 is 9.47 Å². The molecule has 0 aliphatic heterocycles. The third-order valence-electron chi connectivity index (χ3n) is 2.93. The highest BCUT2D eigenvalue weighted by Gasteiger charge is 2.09. The normalized spacial score (nSPS) is 10.8. The standard InChI is InChI=1S/C14H12ClN3O2/c1-9-5-11(15)13(7-12(9)19-2)20-10-3-4-18-14(6-10)16-8-17-18/h3-8H,1-2H3. The first-order valence-electron chi connectivity index (χ1n) is 5.99. The van der Waals surface area contributed by atoms with Crippen molar-refractivity contribution in [2.45, 2.75) is 6.92 Å². The maximum Gasteiger partial charge on any atom is 0.158 e. The molecule has 0 N–H and O–H groups in total. The minimum Gasteiger partial charge on any atom is -0.496 e. The van der Waals surface area contributed by atoms with Crippen molar-refractivity contribution in [1.29, 1.82) is 0 Å². The number of fused-ring (bicyclic) bond motifs is 1. The number of methoxy groups -OCH3 is 1. The predicted octanol–water partition coefficient (Wildman–Crippen LogP) is 3.49. The second kappa shape index (κ2) is 5.02.